The smallest absolute Gasteiger partial charge is 0.224 e. The zero-order chi connectivity index (χ0) is 11.5. The topological polar surface area (TPSA) is 75.3 Å². The highest BCUT2D eigenvalue weighted by atomic mass is 35.5. The molecule has 1 aromatic rings. The van der Waals surface area contributed by atoms with Crippen molar-refractivity contribution >= 4 is 23.1 Å². The average Bonchev–Trinajstić information content (AvgIpc) is 2.71. The van der Waals surface area contributed by atoms with E-state index in [0.717, 1.165) is 25.9 Å². The molecule has 0 bridgehead atoms. The van der Waals surface area contributed by atoms with Crippen molar-refractivity contribution in [2.75, 3.05) is 30.3 Å². The van der Waals surface area contributed by atoms with Gasteiger partial charge in [-0.05, 0) is 30.4 Å². The van der Waals surface area contributed by atoms with Crippen LogP contribution < -0.4 is 10.6 Å². The molecule has 0 aromatic carbocycles. The number of nitrogens with zero attached hydrogens (tertiary/aromatic N) is 3. The van der Waals surface area contributed by atoms with Gasteiger partial charge in [-0.1, -0.05) is 0 Å². The van der Waals surface area contributed by atoms with Gasteiger partial charge < -0.3 is 15.7 Å². The van der Waals surface area contributed by atoms with Crippen molar-refractivity contribution in [2.24, 2.45) is 5.92 Å². The van der Waals surface area contributed by atoms with Crippen molar-refractivity contribution in [3.05, 3.63) is 11.5 Å². The first-order valence-corrected chi connectivity index (χ1v) is 5.72. The van der Waals surface area contributed by atoms with E-state index in [0.29, 0.717) is 17.4 Å². The van der Waals surface area contributed by atoms with Gasteiger partial charge in [-0.25, -0.2) is 4.98 Å². The summed E-state index contributed by atoms with van der Waals surface area (Å²) < 4.78 is 0. The number of anilines is 2. The number of hydrogen-bond donors (Lipinski definition) is 2. The van der Waals surface area contributed by atoms with Crippen LogP contribution >= 0.6 is 11.6 Å². The third-order valence-electron chi connectivity index (χ3n) is 2.89. The zero-order valence-electron chi connectivity index (χ0n) is 8.93. The molecular formula is C10H15ClN4O. The van der Waals surface area contributed by atoms with Crippen molar-refractivity contribution in [3.63, 3.8) is 0 Å². The summed E-state index contributed by atoms with van der Waals surface area (Å²) in [5.74, 6) is 1.22. The van der Waals surface area contributed by atoms with E-state index in [1.807, 2.05) is 0 Å². The number of rotatable bonds is 3. The quantitative estimate of drug-likeness (QED) is 0.771. The highest BCUT2D eigenvalue weighted by molar-refractivity contribution is 6.28. The van der Waals surface area contributed by atoms with E-state index in [4.69, 9.17) is 22.4 Å². The zero-order valence-corrected chi connectivity index (χ0v) is 9.69. The van der Waals surface area contributed by atoms with Gasteiger partial charge in [0.1, 0.15) is 0 Å². The van der Waals surface area contributed by atoms with Crippen molar-refractivity contribution < 1.29 is 5.11 Å². The number of aliphatic hydroxyl groups excluding tert-OH is 1. The normalized spacial score (nSPS) is 20.4. The lowest BCUT2D eigenvalue weighted by molar-refractivity contribution is 0.263. The van der Waals surface area contributed by atoms with Crippen LogP contribution in [0.25, 0.3) is 0 Å². The molecule has 1 fully saturated rings. The van der Waals surface area contributed by atoms with Gasteiger partial charge in [0.2, 0.25) is 5.28 Å². The van der Waals surface area contributed by atoms with Gasteiger partial charge in [0, 0.05) is 19.7 Å². The SMILES string of the molecule is Nc1cnc(Cl)nc1N1CCC(CCO)C1. The molecule has 2 heterocycles. The minimum absolute atomic E-state index is 0.217. The van der Waals surface area contributed by atoms with E-state index in [2.05, 4.69) is 14.9 Å². The lowest BCUT2D eigenvalue weighted by Crippen LogP contribution is -2.22. The molecule has 1 unspecified atom stereocenters. The maximum absolute atomic E-state index is 8.89. The largest absolute Gasteiger partial charge is 0.396 e. The first kappa shape index (κ1) is 11.4. The maximum atomic E-state index is 8.89. The van der Waals surface area contributed by atoms with Crippen molar-refractivity contribution in [1.29, 1.82) is 0 Å². The minimum atomic E-state index is 0.217. The van der Waals surface area contributed by atoms with Crippen LogP contribution in [-0.4, -0.2) is 34.8 Å². The van der Waals surface area contributed by atoms with Crippen LogP contribution in [0.2, 0.25) is 5.28 Å². The Morgan fingerprint density at radius 1 is 1.62 bits per heavy atom. The molecule has 5 nitrogen and oxygen atoms in total. The number of aliphatic hydroxyl groups is 1. The van der Waals surface area contributed by atoms with Gasteiger partial charge in [0.05, 0.1) is 11.9 Å². The fourth-order valence-electron chi connectivity index (χ4n) is 2.06. The minimum Gasteiger partial charge on any atom is -0.396 e. The van der Waals surface area contributed by atoms with Crippen molar-refractivity contribution in [1.82, 2.24) is 9.97 Å². The molecule has 2 rings (SSSR count). The number of halogens is 1. The average molecular weight is 243 g/mol. The number of nitrogens with two attached hydrogens (primary N) is 1. The van der Waals surface area contributed by atoms with Crippen LogP contribution in [-0.2, 0) is 0 Å². The third kappa shape index (κ3) is 2.36. The van der Waals surface area contributed by atoms with Crippen LogP contribution in [0.3, 0.4) is 0 Å². The Labute approximate surface area is 99.3 Å². The molecule has 1 aromatic heterocycles. The standard InChI is InChI=1S/C10H15ClN4O/c11-10-13-5-8(12)9(14-10)15-3-1-7(6-15)2-4-16/h5,7,16H,1-4,6,12H2. The Kier molecular flexibility index (Phi) is 3.46. The Morgan fingerprint density at radius 2 is 2.44 bits per heavy atom. The van der Waals surface area contributed by atoms with Crippen LogP contribution in [0.1, 0.15) is 12.8 Å². The van der Waals surface area contributed by atoms with Crippen LogP contribution in [0, 0.1) is 5.92 Å². The molecule has 88 valence electrons. The fraction of sp³-hybridized carbons (Fsp3) is 0.600. The first-order valence-electron chi connectivity index (χ1n) is 5.34. The molecular weight excluding hydrogens is 228 g/mol. The molecule has 0 aliphatic carbocycles. The molecule has 1 atom stereocenters. The second-order valence-electron chi connectivity index (χ2n) is 4.03. The van der Waals surface area contributed by atoms with Crippen LogP contribution in [0.15, 0.2) is 6.20 Å². The van der Waals surface area contributed by atoms with Gasteiger partial charge in [-0.3, -0.25) is 0 Å². The van der Waals surface area contributed by atoms with Gasteiger partial charge >= 0.3 is 0 Å². The summed E-state index contributed by atoms with van der Waals surface area (Å²) in [4.78, 5) is 10.1. The van der Waals surface area contributed by atoms with E-state index in [1.165, 1.54) is 6.20 Å². The van der Waals surface area contributed by atoms with Gasteiger partial charge in [-0.2, -0.15) is 4.98 Å². The van der Waals surface area contributed by atoms with Crippen molar-refractivity contribution in [2.45, 2.75) is 12.8 Å². The van der Waals surface area contributed by atoms with Gasteiger partial charge in [0.15, 0.2) is 5.82 Å². The molecule has 1 aliphatic heterocycles. The summed E-state index contributed by atoms with van der Waals surface area (Å²) in [6, 6.07) is 0. The van der Waals surface area contributed by atoms with Gasteiger partial charge in [-0.15, -0.1) is 0 Å². The summed E-state index contributed by atoms with van der Waals surface area (Å²) in [6.07, 6.45) is 3.42. The lowest BCUT2D eigenvalue weighted by atomic mass is 10.1. The Hall–Kier alpha value is -1.07. The maximum Gasteiger partial charge on any atom is 0.224 e. The Balaban J connectivity index is 2.11. The molecule has 0 amide bonds. The molecule has 1 saturated heterocycles. The molecule has 0 spiro atoms. The summed E-state index contributed by atoms with van der Waals surface area (Å²) in [6.45, 7) is 2.01. The highest BCUT2D eigenvalue weighted by Gasteiger charge is 2.24. The van der Waals surface area contributed by atoms with E-state index in [9.17, 15) is 0 Å². The monoisotopic (exact) mass is 242 g/mol. The predicted molar refractivity (Wildman–Crippen MR) is 63.5 cm³/mol. The molecule has 0 radical (unpaired) electrons. The van der Waals surface area contributed by atoms with E-state index in [1.54, 1.807) is 0 Å². The van der Waals surface area contributed by atoms with Crippen molar-refractivity contribution in [3.8, 4) is 0 Å². The number of nitrogen functional groups attached to an aromatic ring is 1. The second kappa shape index (κ2) is 4.84. The molecule has 6 heteroatoms. The first-order chi connectivity index (χ1) is 7.70. The number of hydrogen-bond acceptors (Lipinski definition) is 5. The lowest BCUT2D eigenvalue weighted by Gasteiger charge is -2.18. The molecule has 3 N–H and O–H groups in total. The summed E-state index contributed by atoms with van der Waals surface area (Å²) in [5.41, 5.74) is 6.36. The highest BCUT2D eigenvalue weighted by Crippen LogP contribution is 2.28. The summed E-state index contributed by atoms with van der Waals surface area (Å²) in [5, 5.41) is 9.11. The molecule has 1 aliphatic rings. The van der Waals surface area contributed by atoms with Crippen LogP contribution in [0.4, 0.5) is 11.5 Å². The van der Waals surface area contributed by atoms with E-state index in [-0.39, 0.29) is 11.9 Å². The molecule has 16 heavy (non-hydrogen) atoms. The van der Waals surface area contributed by atoms with Gasteiger partial charge in [0.25, 0.3) is 0 Å². The predicted octanol–water partition coefficient (Wildman–Crippen LogP) is 0.921. The Morgan fingerprint density at radius 3 is 3.19 bits per heavy atom. The number of aromatic nitrogens is 2. The van der Waals surface area contributed by atoms with Crippen LogP contribution in [0.5, 0.6) is 0 Å². The van der Waals surface area contributed by atoms with E-state index < -0.39 is 0 Å². The molecule has 0 saturated carbocycles. The van der Waals surface area contributed by atoms with E-state index >= 15 is 0 Å². The summed E-state index contributed by atoms with van der Waals surface area (Å²) in [7, 11) is 0. The second-order valence-corrected chi connectivity index (χ2v) is 4.37. The fourth-order valence-corrected chi connectivity index (χ4v) is 2.19. The summed E-state index contributed by atoms with van der Waals surface area (Å²) >= 11 is 5.75. The third-order valence-corrected chi connectivity index (χ3v) is 3.07. The Bertz CT molecular complexity index is 374.